The zero-order valence-corrected chi connectivity index (χ0v) is 13.2. The van der Waals surface area contributed by atoms with Gasteiger partial charge in [-0.2, -0.15) is 0 Å². The number of ether oxygens (including phenoxy) is 1. The molecule has 0 amide bonds. The summed E-state index contributed by atoms with van der Waals surface area (Å²) in [5.74, 6) is -0.671. The summed E-state index contributed by atoms with van der Waals surface area (Å²) in [4.78, 5) is 3.69. The molecule has 1 N–H and O–H groups in total. The predicted molar refractivity (Wildman–Crippen MR) is 86.0 cm³/mol. The molecule has 5 heteroatoms. The first kappa shape index (κ1) is 15.7. The lowest BCUT2D eigenvalue weighted by Crippen LogP contribution is -3.13. The first-order valence-corrected chi connectivity index (χ1v) is 7.83. The number of rotatable bonds is 4. The van der Waals surface area contributed by atoms with E-state index in [0.717, 1.165) is 49.7 Å². The van der Waals surface area contributed by atoms with E-state index in [1.807, 2.05) is 18.2 Å². The monoisotopic (exact) mass is 319 g/mol. The summed E-state index contributed by atoms with van der Waals surface area (Å²) < 4.78 is 31.7. The number of halogens is 2. The molecule has 2 aromatic rings. The highest BCUT2D eigenvalue weighted by atomic mass is 19.2. The second-order valence-electron chi connectivity index (χ2n) is 5.83. The molecular weight excluding hydrogens is 298 g/mol. The van der Waals surface area contributed by atoms with Gasteiger partial charge in [0.2, 0.25) is 0 Å². The lowest BCUT2D eigenvalue weighted by atomic mass is 10.1. The summed E-state index contributed by atoms with van der Waals surface area (Å²) in [6.07, 6.45) is 0. The molecule has 1 heterocycles. The molecule has 122 valence electrons. The molecule has 1 fully saturated rings. The largest absolute Gasteiger partial charge is 0.495 e. The topological polar surface area (TPSA) is 16.9 Å². The Morgan fingerprint density at radius 3 is 2.48 bits per heavy atom. The van der Waals surface area contributed by atoms with Crippen LogP contribution < -0.4 is 14.5 Å². The van der Waals surface area contributed by atoms with Gasteiger partial charge in [-0.05, 0) is 24.3 Å². The van der Waals surface area contributed by atoms with E-state index >= 15 is 0 Å². The number of para-hydroxylation sites is 2. The third-order valence-corrected chi connectivity index (χ3v) is 4.33. The average Bonchev–Trinajstić information content (AvgIpc) is 2.59. The minimum Gasteiger partial charge on any atom is -0.495 e. The molecule has 1 aliphatic rings. The average molecular weight is 319 g/mol. The zero-order valence-electron chi connectivity index (χ0n) is 13.2. The fourth-order valence-corrected chi connectivity index (χ4v) is 3.07. The van der Waals surface area contributed by atoms with Crippen LogP contribution >= 0.6 is 0 Å². The number of nitrogens with zero attached hydrogens (tertiary/aromatic N) is 1. The molecule has 0 spiro atoms. The lowest BCUT2D eigenvalue weighted by molar-refractivity contribution is -0.914. The molecule has 0 unspecified atom stereocenters. The quantitative estimate of drug-likeness (QED) is 0.927. The van der Waals surface area contributed by atoms with Crippen molar-refractivity contribution in [2.24, 2.45) is 0 Å². The Labute approximate surface area is 135 Å². The van der Waals surface area contributed by atoms with Gasteiger partial charge in [0.25, 0.3) is 0 Å². The minimum absolute atomic E-state index is 0.719. The fraction of sp³-hybridized carbons (Fsp3) is 0.333. The van der Waals surface area contributed by atoms with Crippen LogP contribution in [0.15, 0.2) is 42.5 Å². The van der Waals surface area contributed by atoms with Gasteiger partial charge in [0.15, 0.2) is 11.6 Å². The summed E-state index contributed by atoms with van der Waals surface area (Å²) in [5.41, 5.74) is 1.95. The summed E-state index contributed by atoms with van der Waals surface area (Å²) in [6.45, 7) is 4.46. The van der Waals surface area contributed by atoms with Gasteiger partial charge in [-0.25, -0.2) is 8.78 Å². The standard InChI is InChI=1S/C18H20F2N2O/c1-23-18-5-3-2-4-17(18)22-10-8-21(9-11-22)13-14-6-7-15(19)16(20)12-14/h2-7,12H,8-11,13H2,1H3/p+1. The maximum Gasteiger partial charge on any atom is 0.159 e. The van der Waals surface area contributed by atoms with Crippen LogP contribution in [-0.2, 0) is 6.54 Å². The lowest BCUT2D eigenvalue weighted by Gasteiger charge is -2.34. The molecule has 3 nitrogen and oxygen atoms in total. The van der Waals surface area contributed by atoms with Crippen molar-refractivity contribution in [3.8, 4) is 5.75 Å². The number of hydrogen-bond donors (Lipinski definition) is 1. The number of anilines is 1. The van der Waals surface area contributed by atoms with Gasteiger partial charge in [0, 0.05) is 5.56 Å². The van der Waals surface area contributed by atoms with E-state index in [2.05, 4.69) is 11.0 Å². The van der Waals surface area contributed by atoms with E-state index in [9.17, 15) is 8.78 Å². The maximum atomic E-state index is 13.3. The van der Waals surface area contributed by atoms with Gasteiger partial charge in [-0.1, -0.05) is 18.2 Å². The number of benzene rings is 2. The molecule has 23 heavy (non-hydrogen) atoms. The summed E-state index contributed by atoms with van der Waals surface area (Å²) in [7, 11) is 1.68. The predicted octanol–water partition coefficient (Wildman–Crippen LogP) is 1.88. The maximum absolute atomic E-state index is 13.3. The molecular formula is C18H21F2N2O+. The van der Waals surface area contributed by atoms with Crippen LogP contribution in [0.5, 0.6) is 5.75 Å². The van der Waals surface area contributed by atoms with Gasteiger partial charge >= 0.3 is 0 Å². The smallest absolute Gasteiger partial charge is 0.159 e. The van der Waals surface area contributed by atoms with Crippen molar-refractivity contribution < 1.29 is 18.4 Å². The van der Waals surface area contributed by atoms with Crippen molar-refractivity contribution in [3.05, 3.63) is 59.7 Å². The van der Waals surface area contributed by atoms with Crippen molar-refractivity contribution in [3.63, 3.8) is 0 Å². The van der Waals surface area contributed by atoms with Crippen molar-refractivity contribution in [1.29, 1.82) is 0 Å². The van der Waals surface area contributed by atoms with E-state index in [4.69, 9.17) is 4.74 Å². The SMILES string of the molecule is COc1ccccc1N1CC[NH+](Cc2ccc(F)c(F)c2)CC1. The van der Waals surface area contributed by atoms with Crippen LogP contribution in [0.4, 0.5) is 14.5 Å². The Morgan fingerprint density at radius 2 is 1.78 bits per heavy atom. The Kier molecular flexibility index (Phi) is 4.76. The van der Waals surface area contributed by atoms with E-state index in [0.29, 0.717) is 0 Å². The van der Waals surface area contributed by atoms with Gasteiger partial charge in [0.05, 0.1) is 39.0 Å². The third kappa shape index (κ3) is 3.62. The first-order chi connectivity index (χ1) is 11.2. The molecule has 2 aromatic carbocycles. The Morgan fingerprint density at radius 1 is 1.04 bits per heavy atom. The number of nitrogens with one attached hydrogen (secondary N) is 1. The number of hydrogen-bond acceptors (Lipinski definition) is 2. The highest BCUT2D eigenvalue weighted by Crippen LogP contribution is 2.27. The minimum atomic E-state index is -0.787. The van der Waals surface area contributed by atoms with Crippen LogP contribution in [0.3, 0.4) is 0 Å². The van der Waals surface area contributed by atoms with Crippen molar-refractivity contribution in [1.82, 2.24) is 0 Å². The van der Waals surface area contributed by atoms with E-state index < -0.39 is 11.6 Å². The number of methoxy groups -OCH3 is 1. The van der Waals surface area contributed by atoms with Gasteiger partial charge in [-0.3, -0.25) is 0 Å². The van der Waals surface area contributed by atoms with Crippen LogP contribution in [0, 0.1) is 11.6 Å². The number of quaternary nitrogens is 1. The highest BCUT2D eigenvalue weighted by Gasteiger charge is 2.22. The van der Waals surface area contributed by atoms with Crippen molar-refractivity contribution in [2.75, 3.05) is 38.2 Å². The van der Waals surface area contributed by atoms with Crippen molar-refractivity contribution in [2.45, 2.75) is 6.54 Å². The molecule has 0 bridgehead atoms. The molecule has 0 atom stereocenters. The van der Waals surface area contributed by atoms with E-state index in [1.54, 1.807) is 13.2 Å². The van der Waals surface area contributed by atoms with Gasteiger partial charge < -0.3 is 14.5 Å². The van der Waals surface area contributed by atoms with Crippen molar-refractivity contribution >= 4 is 5.69 Å². The molecule has 0 radical (unpaired) electrons. The highest BCUT2D eigenvalue weighted by molar-refractivity contribution is 5.58. The third-order valence-electron chi connectivity index (χ3n) is 4.33. The molecule has 0 saturated carbocycles. The summed E-state index contributed by atoms with van der Waals surface area (Å²) in [5, 5.41) is 0. The molecule has 3 rings (SSSR count). The van der Waals surface area contributed by atoms with Gasteiger partial charge in [-0.15, -0.1) is 0 Å². The summed E-state index contributed by atoms with van der Waals surface area (Å²) in [6, 6.07) is 12.2. The van der Waals surface area contributed by atoms with E-state index in [-0.39, 0.29) is 0 Å². The number of piperazine rings is 1. The van der Waals surface area contributed by atoms with Crippen LogP contribution in [-0.4, -0.2) is 33.3 Å². The second-order valence-corrected chi connectivity index (χ2v) is 5.83. The molecule has 1 saturated heterocycles. The zero-order chi connectivity index (χ0) is 16.2. The van der Waals surface area contributed by atoms with Crippen LogP contribution in [0.2, 0.25) is 0 Å². The van der Waals surface area contributed by atoms with Gasteiger partial charge in [0.1, 0.15) is 12.3 Å². The first-order valence-electron chi connectivity index (χ1n) is 7.83. The normalized spacial score (nSPS) is 15.7. The van der Waals surface area contributed by atoms with Crippen LogP contribution in [0.25, 0.3) is 0 Å². The second kappa shape index (κ2) is 6.96. The Balaban J connectivity index is 1.61. The van der Waals surface area contributed by atoms with Crippen LogP contribution in [0.1, 0.15) is 5.56 Å². The summed E-state index contributed by atoms with van der Waals surface area (Å²) >= 11 is 0. The van der Waals surface area contributed by atoms with E-state index in [1.165, 1.54) is 17.0 Å². The molecule has 0 aliphatic carbocycles. The molecule has 0 aromatic heterocycles. The Bertz CT molecular complexity index is 670. The molecule has 1 aliphatic heterocycles. The fourth-order valence-electron chi connectivity index (χ4n) is 3.07. The Hall–Kier alpha value is -2.14.